The molecular formula is C6H18Se6. The summed E-state index contributed by atoms with van der Waals surface area (Å²) in [6.07, 6.45) is 6.38. The van der Waals surface area contributed by atoms with Crippen LogP contribution in [0.25, 0.3) is 0 Å². The van der Waals surface area contributed by atoms with E-state index in [-0.39, 0.29) is 0 Å². The first kappa shape index (κ1) is 13.2. The van der Waals surface area contributed by atoms with Crippen LogP contribution in [0.5, 0.6) is 0 Å². The molecule has 0 N–H and O–H groups in total. The van der Waals surface area contributed by atoms with Gasteiger partial charge in [-0.3, -0.25) is 0 Å². The van der Waals surface area contributed by atoms with E-state index in [1.54, 1.807) is 36.3 Å². The second-order valence-corrected chi connectivity index (χ2v) is 61.6. The zero-order chi connectivity index (χ0) is 8.49. The number of hydrogen-bond donors (Lipinski definition) is 0. The van der Waals surface area contributed by atoms with Crippen molar-refractivity contribution in [1.29, 1.82) is 0 Å². The van der Waals surface area contributed by atoms with Crippen molar-refractivity contribution < 1.29 is 0 Å². The summed E-state index contributed by atoms with van der Waals surface area (Å²) >= 11 is 1.87. The van der Waals surface area contributed by atoms with Gasteiger partial charge < -0.3 is 0 Å². The van der Waals surface area contributed by atoms with Gasteiger partial charge in [-0.2, -0.15) is 0 Å². The van der Waals surface area contributed by atoms with E-state index in [1.165, 1.54) is 0 Å². The van der Waals surface area contributed by atoms with Crippen LogP contribution < -0.4 is 0 Å². The van der Waals surface area contributed by atoms with Crippen molar-refractivity contribution in [3.8, 4) is 0 Å². The standard InChI is InChI=1S/C6H18Se6/c1-2-4-6-8-10-12-11-9-7-5-3-1/h7-12H,1-6H2. The predicted molar refractivity (Wildman–Crippen MR) is 71.0 cm³/mol. The van der Waals surface area contributed by atoms with Gasteiger partial charge in [-0.1, -0.05) is 0 Å². The van der Waals surface area contributed by atoms with E-state index < -0.39 is 0 Å². The maximum absolute atomic E-state index is 1.69. The van der Waals surface area contributed by atoms with Crippen LogP contribution in [0.15, 0.2) is 0 Å². The van der Waals surface area contributed by atoms with Gasteiger partial charge >= 0.3 is 105 Å². The fourth-order valence-corrected chi connectivity index (χ4v) is 195. The Morgan fingerprint density at radius 2 is 1.00 bits per heavy atom. The maximum atomic E-state index is 1.69. The van der Waals surface area contributed by atoms with Gasteiger partial charge in [-0.05, 0) is 0 Å². The monoisotopic (exact) mass is 570 g/mol. The fraction of sp³-hybridized carbons (Fsp3) is 1.00. The minimum absolute atomic E-state index is 0.933. The number of rotatable bonds is 0. The summed E-state index contributed by atoms with van der Waals surface area (Å²) in [5, 5.41) is 3.38. The Balaban J connectivity index is 2.32. The van der Waals surface area contributed by atoms with Gasteiger partial charge in [0.25, 0.3) is 0 Å². The Hall–Kier alpha value is 3.12. The van der Waals surface area contributed by atoms with Gasteiger partial charge in [0.15, 0.2) is 0 Å². The molecule has 6 heteroatoms. The van der Waals surface area contributed by atoms with Gasteiger partial charge in [0.05, 0.1) is 0 Å². The summed E-state index contributed by atoms with van der Waals surface area (Å²) in [4.78, 5) is 0. The van der Waals surface area contributed by atoms with Gasteiger partial charge in [0.2, 0.25) is 0 Å². The summed E-state index contributed by atoms with van der Waals surface area (Å²) < 4.78 is 0. The third-order valence-electron chi connectivity index (χ3n) is 1.51. The van der Waals surface area contributed by atoms with Gasteiger partial charge in [0, 0.05) is 0 Å². The normalized spacial score (nSPS) is 24.0. The van der Waals surface area contributed by atoms with E-state index >= 15 is 0 Å². The van der Waals surface area contributed by atoms with Crippen molar-refractivity contribution in [3.63, 3.8) is 0 Å². The molecule has 0 aromatic rings. The van der Waals surface area contributed by atoms with Crippen LogP contribution >= 0.6 is 0 Å². The summed E-state index contributed by atoms with van der Waals surface area (Å²) in [6.45, 7) is 0. The van der Waals surface area contributed by atoms with Gasteiger partial charge in [-0.15, -0.1) is 0 Å². The van der Waals surface area contributed by atoms with Crippen molar-refractivity contribution in [3.05, 3.63) is 0 Å². The van der Waals surface area contributed by atoms with Crippen LogP contribution in [0.2, 0.25) is 10.6 Å². The summed E-state index contributed by atoms with van der Waals surface area (Å²) in [6, 6.07) is 0. The molecule has 78 valence electrons. The Bertz CT molecular complexity index is 164. The summed E-state index contributed by atoms with van der Waals surface area (Å²) in [5.74, 6) is 0. The molecule has 1 heterocycles. The van der Waals surface area contributed by atoms with E-state index in [1.807, 2.05) is 0 Å². The van der Waals surface area contributed by atoms with Crippen molar-refractivity contribution in [2.45, 2.75) is 36.3 Å². The van der Waals surface area contributed by atoms with Gasteiger partial charge in [-0.25, -0.2) is 0 Å². The Labute approximate surface area is 103 Å². The van der Waals surface area contributed by atoms with Gasteiger partial charge in [0.1, 0.15) is 0 Å². The molecule has 0 nitrogen and oxygen atoms in total. The van der Waals surface area contributed by atoms with Crippen LogP contribution in [0.1, 0.15) is 25.7 Å². The zero-order valence-corrected chi connectivity index (χ0v) is 18.2. The molecule has 0 saturated carbocycles. The SMILES string of the molecule is C1CCC[SeH]=[SeH][SeH]=[SeH][SeH]=[SeH]CC1. The molecule has 0 aliphatic carbocycles. The van der Waals surface area contributed by atoms with Crippen LogP contribution in [-0.2, 0) is 0 Å². The average molecular weight is 564 g/mol. The summed E-state index contributed by atoms with van der Waals surface area (Å²) in [7, 11) is 4.12. The van der Waals surface area contributed by atoms with Crippen LogP contribution in [0.4, 0.5) is 0 Å². The second kappa shape index (κ2) is 10.6. The molecule has 0 bridgehead atoms. The van der Waals surface area contributed by atoms with Crippen molar-refractivity contribution in [2.75, 3.05) is 0 Å². The van der Waals surface area contributed by atoms with E-state index in [2.05, 4.69) is 0 Å². The Kier molecular flexibility index (Phi) is 11.7. The molecule has 12 heavy (non-hydrogen) atoms. The summed E-state index contributed by atoms with van der Waals surface area (Å²) in [5.41, 5.74) is 0. The first-order valence-electron chi connectivity index (χ1n) is 4.13. The molecule has 1 aliphatic heterocycles. The molecule has 1 rings (SSSR count). The van der Waals surface area contributed by atoms with Crippen molar-refractivity contribution >= 4 is 68.3 Å². The molecule has 0 unspecified atom stereocenters. The Morgan fingerprint density at radius 3 is 1.50 bits per heavy atom. The molecule has 0 atom stereocenters. The fourth-order valence-electron chi connectivity index (χ4n) is 0.900. The molecular weight excluding hydrogens is 546 g/mol. The third-order valence-corrected chi connectivity index (χ3v) is 113. The molecule has 0 spiro atoms. The Morgan fingerprint density at radius 1 is 0.500 bits per heavy atom. The molecule has 1 aliphatic rings. The minimum atomic E-state index is 0.933. The second-order valence-electron chi connectivity index (χ2n) is 2.50. The quantitative estimate of drug-likeness (QED) is 0.318. The van der Waals surface area contributed by atoms with Crippen molar-refractivity contribution in [1.82, 2.24) is 0 Å². The van der Waals surface area contributed by atoms with Crippen LogP contribution in [0.3, 0.4) is 0 Å². The van der Waals surface area contributed by atoms with E-state index in [0.29, 0.717) is 0 Å². The number of hydrogen-bond acceptors (Lipinski definition) is 0. The van der Waals surface area contributed by atoms with E-state index in [9.17, 15) is 0 Å². The molecule has 0 aromatic heterocycles. The molecule has 0 amide bonds. The molecule has 0 saturated heterocycles. The first-order chi connectivity index (χ1) is 6.00. The van der Waals surface area contributed by atoms with Crippen molar-refractivity contribution in [2.24, 2.45) is 0 Å². The zero-order valence-electron chi connectivity index (χ0n) is 6.93. The van der Waals surface area contributed by atoms with Crippen LogP contribution in [-0.4, -0.2) is 68.3 Å². The topological polar surface area (TPSA) is 0 Å². The van der Waals surface area contributed by atoms with E-state index in [4.69, 9.17) is 0 Å². The average Bonchev–Trinajstić information content (AvgIpc) is 2.05. The predicted octanol–water partition coefficient (Wildman–Crippen LogP) is -1.41. The molecule has 0 radical (unpaired) electrons. The molecule has 0 aromatic carbocycles. The van der Waals surface area contributed by atoms with E-state index in [0.717, 1.165) is 68.3 Å². The third kappa shape index (κ3) is 8.43. The molecule has 0 fully saturated rings. The first-order valence-corrected chi connectivity index (χ1v) is 32.8. The van der Waals surface area contributed by atoms with Crippen LogP contribution in [0, 0.1) is 0 Å².